The van der Waals surface area contributed by atoms with E-state index < -0.39 is 21.5 Å². The van der Waals surface area contributed by atoms with Crippen LogP contribution in [-0.4, -0.2) is 14.3 Å². The van der Waals surface area contributed by atoms with E-state index in [0.717, 1.165) is 44.5 Å². The summed E-state index contributed by atoms with van der Waals surface area (Å²) in [5.74, 6) is 1.63. The van der Waals surface area contributed by atoms with E-state index in [-0.39, 0.29) is 0 Å². The van der Waals surface area contributed by atoms with Crippen LogP contribution in [0.1, 0.15) is 0 Å². The second-order valence-corrected chi connectivity index (χ2v) is 19.0. The van der Waals surface area contributed by atoms with Gasteiger partial charge in [0.2, 0.25) is 0 Å². The van der Waals surface area contributed by atoms with Gasteiger partial charge >= 0.3 is 245 Å². The second kappa shape index (κ2) is 9.66. The van der Waals surface area contributed by atoms with Crippen molar-refractivity contribution in [3.63, 3.8) is 0 Å². The molecule has 0 fully saturated rings. The van der Waals surface area contributed by atoms with Gasteiger partial charge in [-0.2, -0.15) is 0 Å². The van der Waals surface area contributed by atoms with E-state index in [1.807, 2.05) is 48.5 Å². The Morgan fingerprint density at radius 3 is 1.59 bits per heavy atom. The third-order valence-electron chi connectivity index (χ3n) is 8.21. The zero-order valence-electron chi connectivity index (χ0n) is 22.2. The molecule has 0 atom stereocenters. The van der Waals surface area contributed by atoms with Gasteiger partial charge in [-0.1, -0.05) is 0 Å². The van der Waals surface area contributed by atoms with Gasteiger partial charge in [0.1, 0.15) is 0 Å². The summed E-state index contributed by atoms with van der Waals surface area (Å²) in [6, 6.07) is 52.3. The minimum absolute atomic E-state index is 0.817. The van der Waals surface area contributed by atoms with Crippen LogP contribution in [0.2, 0.25) is 0 Å². The number of fused-ring (bicyclic) bond motifs is 4. The van der Waals surface area contributed by atoms with Gasteiger partial charge in [-0.25, -0.2) is 0 Å². The van der Waals surface area contributed by atoms with Crippen LogP contribution >= 0.6 is 7.14 Å². The predicted octanol–water partition coefficient (Wildman–Crippen LogP) is 5.46. The molecule has 0 aromatic heterocycles. The molecule has 2 aliphatic heterocycles. The van der Waals surface area contributed by atoms with E-state index in [2.05, 4.69) is 108 Å². The van der Waals surface area contributed by atoms with E-state index in [9.17, 15) is 0 Å². The second-order valence-electron chi connectivity index (χ2n) is 10.5. The van der Waals surface area contributed by atoms with E-state index in [1.54, 1.807) is 0 Å². The van der Waals surface area contributed by atoms with Gasteiger partial charge in [-0.15, -0.1) is 0 Å². The fourth-order valence-corrected chi connectivity index (χ4v) is 19.3. The first-order chi connectivity index (χ1) is 20.2. The van der Waals surface area contributed by atoms with Gasteiger partial charge in [0.05, 0.1) is 0 Å². The molecule has 0 N–H and O–H groups in total. The molecule has 0 radical (unpaired) electrons. The van der Waals surface area contributed by atoms with E-state index in [4.69, 9.17) is 4.74 Å². The number of para-hydroxylation sites is 4. The Hall–Kier alpha value is -4.31. The molecular formula is C36H26GeNO2P. The number of anilines is 3. The summed E-state index contributed by atoms with van der Waals surface area (Å²) in [6.45, 7) is 0. The standard InChI is InChI=1S/C36H26GeNO2P/c39-41(35-20-10-4-14-29(35)37(26-12-2-1-3-13-26)30-15-5-11-21-36(30)41)28-24-22-27(23-25-28)38-31-16-6-8-18-33(31)40-34-19-9-7-17-32(34)38/h1-25,37H. The van der Waals surface area contributed by atoms with Crippen LogP contribution in [0.15, 0.2) is 152 Å². The monoisotopic (exact) mass is 609 g/mol. The molecule has 6 aromatic carbocycles. The molecule has 0 amide bonds. The molecule has 0 saturated heterocycles. The zero-order valence-corrected chi connectivity index (χ0v) is 25.5. The Labute approximate surface area is 244 Å². The summed E-state index contributed by atoms with van der Waals surface area (Å²) in [4.78, 5) is 2.22. The van der Waals surface area contributed by atoms with Crippen molar-refractivity contribution in [2.24, 2.45) is 0 Å². The summed E-state index contributed by atoms with van der Waals surface area (Å²) in [5.41, 5.74) is 2.97. The number of rotatable bonds is 3. The number of ether oxygens (including phenoxy) is 1. The molecule has 6 aromatic rings. The van der Waals surface area contributed by atoms with Gasteiger partial charge in [0.25, 0.3) is 0 Å². The molecule has 5 heteroatoms. The van der Waals surface area contributed by atoms with Crippen molar-refractivity contribution in [2.45, 2.75) is 0 Å². The summed E-state index contributed by atoms with van der Waals surface area (Å²) in [5, 5.41) is 2.87. The Kier molecular flexibility index (Phi) is 5.77. The molecule has 3 nitrogen and oxygen atoms in total. The molecule has 2 aliphatic rings. The van der Waals surface area contributed by atoms with E-state index >= 15 is 4.57 Å². The molecule has 2 heterocycles. The molecule has 0 aliphatic carbocycles. The zero-order chi connectivity index (χ0) is 27.4. The van der Waals surface area contributed by atoms with Crippen molar-refractivity contribution >= 4 is 67.7 Å². The molecule has 8 rings (SSSR count). The number of hydrogen-bond donors (Lipinski definition) is 0. The van der Waals surface area contributed by atoms with Crippen LogP contribution in [-0.2, 0) is 4.57 Å². The molecule has 0 bridgehead atoms. The summed E-state index contributed by atoms with van der Waals surface area (Å²) in [6.07, 6.45) is 0. The molecule has 41 heavy (non-hydrogen) atoms. The fourth-order valence-electron chi connectivity index (χ4n) is 6.41. The van der Waals surface area contributed by atoms with Crippen molar-refractivity contribution < 1.29 is 9.30 Å². The molecular weight excluding hydrogens is 582 g/mol. The van der Waals surface area contributed by atoms with Gasteiger partial charge in [-0.05, 0) is 0 Å². The average molecular weight is 608 g/mol. The first-order valence-corrected chi connectivity index (χ1v) is 19.2. The SMILES string of the molecule is O=P1(c2ccc(N3c4ccccc4Oc4ccccc43)cc2)c2cccc[c]2[GeH]([c]2ccccc2)[c]2ccccc21. The van der Waals surface area contributed by atoms with Crippen LogP contribution in [0.3, 0.4) is 0 Å². The van der Waals surface area contributed by atoms with Crippen molar-refractivity contribution in [3.05, 3.63) is 152 Å². The fraction of sp³-hybridized carbons (Fsp3) is 0. The van der Waals surface area contributed by atoms with Crippen molar-refractivity contribution in [1.29, 1.82) is 0 Å². The summed E-state index contributed by atoms with van der Waals surface area (Å²) < 4.78 is 25.7. The average Bonchev–Trinajstić information content (AvgIpc) is 3.04. The Balaban J connectivity index is 1.29. The van der Waals surface area contributed by atoms with E-state index in [1.165, 1.54) is 13.2 Å². The predicted molar refractivity (Wildman–Crippen MR) is 173 cm³/mol. The number of nitrogens with zero attached hydrogens (tertiary/aromatic N) is 1. The Bertz CT molecular complexity index is 1880. The van der Waals surface area contributed by atoms with Crippen molar-refractivity contribution in [2.75, 3.05) is 4.90 Å². The molecule has 0 saturated carbocycles. The van der Waals surface area contributed by atoms with Crippen LogP contribution in [0.4, 0.5) is 17.1 Å². The van der Waals surface area contributed by atoms with E-state index in [0.29, 0.717) is 0 Å². The van der Waals surface area contributed by atoms with Crippen LogP contribution in [0.25, 0.3) is 0 Å². The van der Waals surface area contributed by atoms with Crippen molar-refractivity contribution in [3.8, 4) is 11.5 Å². The van der Waals surface area contributed by atoms with Crippen LogP contribution in [0, 0.1) is 0 Å². The van der Waals surface area contributed by atoms with Gasteiger partial charge < -0.3 is 0 Å². The first kappa shape index (κ1) is 24.5. The normalized spacial score (nSPS) is 18.3. The summed E-state index contributed by atoms with van der Waals surface area (Å²) >= 11 is -2.42. The van der Waals surface area contributed by atoms with Gasteiger partial charge in [0, 0.05) is 0 Å². The molecule has 196 valence electrons. The maximum atomic E-state index is 15.5. The number of hydrogen-bond acceptors (Lipinski definition) is 3. The molecule has 0 unspecified atom stereocenters. The van der Waals surface area contributed by atoms with Gasteiger partial charge in [0.15, 0.2) is 0 Å². The quantitative estimate of drug-likeness (QED) is 0.197. The Morgan fingerprint density at radius 1 is 0.512 bits per heavy atom. The van der Waals surface area contributed by atoms with Crippen molar-refractivity contribution in [1.82, 2.24) is 0 Å². The topological polar surface area (TPSA) is 29.5 Å². The van der Waals surface area contributed by atoms with Crippen LogP contribution in [0.5, 0.6) is 11.5 Å². The maximum absolute atomic E-state index is 15.5. The van der Waals surface area contributed by atoms with Gasteiger partial charge in [-0.3, -0.25) is 0 Å². The third kappa shape index (κ3) is 3.77. The third-order valence-corrected chi connectivity index (χ3v) is 19.4. The van der Waals surface area contributed by atoms with Crippen LogP contribution < -0.4 is 38.7 Å². The Morgan fingerprint density at radius 2 is 1.00 bits per heavy atom. The first-order valence-electron chi connectivity index (χ1n) is 13.8. The summed E-state index contributed by atoms with van der Waals surface area (Å²) in [7, 11) is -3.09. The molecule has 0 spiro atoms. The number of benzene rings is 6. The minimum atomic E-state index is -3.09.